The second-order valence-electron chi connectivity index (χ2n) is 6.83. The molecule has 2 aromatic heterocycles. The average molecular weight is 419 g/mol. The Morgan fingerprint density at radius 3 is 2.90 bits per heavy atom. The molecule has 0 bridgehead atoms. The number of nitrogens with one attached hydrogen (secondary N) is 3. The number of carbonyl (C=O) groups is 2. The van der Waals surface area contributed by atoms with Crippen molar-refractivity contribution in [2.24, 2.45) is 0 Å². The highest BCUT2D eigenvalue weighted by Crippen LogP contribution is 2.32. The third kappa shape index (κ3) is 3.58. The minimum atomic E-state index is -1.28. The van der Waals surface area contributed by atoms with E-state index in [4.69, 9.17) is 16.0 Å². The fourth-order valence-corrected chi connectivity index (χ4v) is 3.59. The second kappa shape index (κ2) is 7.28. The number of hydrogen-bond acceptors (Lipinski definition) is 7. The second-order valence-corrected chi connectivity index (χ2v) is 7.27. The van der Waals surface area contributed by atoms with Crippen LogP contribution in [0.15, 0.2) is 28.8 Å². The monoisotopic (exact) mass is 418 g/mol. The van der Waals surface area contributed by atoms with E-state index in [0.717, 1.165) is 5.39 Å². The molecule has 0 radical (unpaired) electrons. The summed E-state index contributed by atoms with van der Waals surface area (Å²) in [4.78, 5) is 24.5. The van der Waals surface area contributed by atoms with Crippen LogP contribution in [0.1, 0.15) is 19.2 Å². The van der Waals surface area contributed by atoms with Crippen molar-refractivity contribution >= 4 is 40.3 Å². The van der Waals surface area contributed by atoms with Gasteiger partial charge in [0.1, 0.15) is 5.54 Å². The molecular weight excluding hydrogens is 400 g/mol. The molecule has 4 N–H and O–H groups in total. The first-order chi connectivity index (χ1) is 13.9. The highest BCUT2D eigenvalue weighted by atomic mass is 35.5. The van der Waals surface area contributed by atoms with Crippen molar-refractivity contribution < 1.29 is 19.1 Å². The zero-order valence-electron chi connectivity index (χ0n) is 15.5. The fraction of sp³-hybridized carbons (Fsp3) is 0.333. The van der Waals surface area contributed by atoms with E-state index in [0.29, 0.717) is 28.9 Å². The van der Waals surface area contributed by atoms with Gasteiger partial charge in [0.05, 0.1) is 6.54 Å². The standard InChI is InChI=1S/C18H19ClN6O4/c1-2-20-17-24-23-13(29-17)5-6-18(15(27)21-16(28)22-18)9-25-8-10-3-4-11(19)7-12(10)14(25)26/h3-4,7-8,26H,2,5-6,9H2,1H3,(H,20,24)(H2,21,22,27,28). The summed E-state index contributed by atoms with van der Waals surface area (Å²) in [5.74, 6) is -0.185. The SMILES string of the molecule is CCNc1nnc(CCC2(Cn3cc4ccc(Cl)cc4c3O)NC(=O)NC2=O)o1. The largest absolute Gasteiger partial charge is 0.494 e. The van der Waals surface area contributed by atoms with Crippen molar-refractivity contribution in [2.45, 2.75) is 31.8 Å². The van der Waals surface area contributed by atoms with Gasteiger partial charge in [-0.25, -0.2) is 4.79 Å². The number of urea groups is 1. The molecule has 3 aromatic rings. The van der Waals surface area contributed by atoms with Crippen molar-refractivity contribution in [3.8, 4) is 5.88 Å². The molecule has 1 unspecified atom stereocenters. The number of carbonyl (C=O) groups excluding carboxylic acids is 2. The van der Waals surface area contributed by atoms with Crippen LogP contribution in [0.4, 0.5) is 10.8 Å². The van der Waals surface area contributed by atoms with Gasteiger partial charge in [-0.05, 0) is 25.5 Å². The number of aromatic hydroxyl groups is 1. The van der Waals surface area contributed by atoms with Crippen molar-refractivity contribution in [3.05, 3.63) is 35.3 Å². The number of imide groups is 1. The molecule has 0 aliphatic carbocycles. The van der Waals surface area contributed by atoms with Crippen LogP contribution >= 0.6 is 11.6 Å². The number of anilines is 1. The van der Waals surface area contributed by atoms with Crippen LogP contribution in [0.5, 0.6) is 5.88 Å². The molecule has 1 aromatic carbocycles. The van der Waals surface area contributed by atoms with E-state index < -0.39 is 17.5 Å². The molecule has 1 fully saturated rings. The van der Waals surface area contributed by atoms with Crippen LogP contribution in [0, 0.1) is 0 Å². The van der Waals surface area contributed by atoms with E-state index in [1.807, 2.05) is 6.92 Å². The summed E-state index contributed by atoms with van der Waals surface area (Å²) in [7, 11) is 0. The van der Waals surface area contributed by atoms with Crippen LogP contribution < -0.4 is 16.0 Å². The molecule has 3 amide bonds. The molecule has 4 rings (SSSR count). The van der Waals surface area contributed by atoms with Crippen LogP contribution in [-0.4, -0.2) is 43.9 Å². The van der Waals surface area contributed by atoms with Gasteiger partial charge >= 0.3 is 12.0 Å². The Morgan fingerprint density at radius 2 is 2.17 bits per heavy atom. The molecule has 1 aliphatic heterocycles. The Balaban J connectivity index is 1.61. The van der Waals surface area contributed by atoms with Gasteiger partial charge in [0.25, 0.3) is 5.91 Å². The molecule has 11 heteroatoms. The molecule has 10 nitrogen and oxygen atoms in total. The lowest BCUT2D eigenvalue weighted by molar-refractivity contribution is -0.124. The van der Waals surface area contributed by atoms with E-state index >= 15 is 0 Å². The predicted molar refractivity (Wildman–Crippen MR) is 105 cm³/mol. The normalized spacial score (nSPS) is 18.8. The molecule has 0 saturated carbocycles. The first kappa shape index (κ1) is 19.1. The van der Waals surface area contributed by atoms with E-state index in [-0.39, 0.29) is 25.3 Å². The lowest BCUT2D eigenvalue weighted by atomic mass is 9.93. The maximum absolute atomic E-state index is 12.6. The van der Waals surface area contributed by atoms with Gasteiger partial charge in [-0.15, -0.1) is 5.10 Å². The molecule has 3 heterocycles. The van der Waals surface area contributed by atoms with Gasteiger partial charge in [0, 0.05) is 35.0 Å². The Bertz CT molecular complexity index is 1090. The Morgan fingerprint density at radius 1 is 1.34 bits per heavy atom. The highest BCUT2D eigenvalue weighted by molar-refractivity contribution is 6.31. The highest BCUT2D eigenvalue weighted by Gasteiger charge is 2.46. The van der Waals surface area contributed by atoms with Crippen molar-refractivity contribution in [1.29, 1.82) is 0 Å². The lowest BCUT2D eigenvalue weighted by Gasteiger charge is -2.26. The molecule has 1 atom stereocenters. The number of hydrogen-bond donors (Lipinski definition) is 4. The number of rotatable bonds is 7. The molecule has 1 saturated heterocycles. The number of halogens is 1. The van der Waals surface area contributed by atoms with Gasteiger partial charge < -0.3 is 24.7 Å². The summed E-state index contributed by atoms with van der Waals surface area (Å²) in [6, 6.07) is 4.83. The third-order valence-corrected chi connectivity index (χ3v) is 5.07. The number of fused-ring (bicyclic) bond motifs is 1. The number of nitrogens with zero attached hydrogens (tertiary/aromatic N) is 3. The van der Waals surface area contributed by atoms with Crippen LogP contribution in [-0.2, 0) is 17.8 Å². The number of aromatic nitrogens is 3. The van der Waals surface area contributed by atoms with Crippen molar-refractivity contribution in [2.75, 3.05) is 11.9 Å². The predicted octanol–water partition coefficient (Wildman–Crippen LogP) is 2.03. The molecule has 152 valence electrons. The summed E-state index contributed by atoms with van der Waals surface area (Å²) < 4.78 is 7.00. The Kier molecular flexibility index (Phi) is 4.79. The summed E-state index contributed by atoms with van der Waals surface area (Å²) in [5.41, 5.74) is -1.28. The van der Waals surface area contributed by atoms with Crippen LogP contribution in [0.3, 0.4) is 0 Å². The van der Waals surface area contributed by atoms with Gasteiger partial charge in [-0.3, -0.25) is 10.1 Å². The lowest BCUT2D eigenvalue weighted by Crippen LogP contribution is -2.50. The fourth-order valence-electron chi connectivity index (χ4n) is 3.42. The number of benzene rings is 1. The van der Waals surface area contributed by atoms with E-state index in [1.165, 1.54) is 4.57 Å². The van der Waals surface area contributed by atoms with Crippen molar-refractivity contribution in [3.63, 3.8) is 0 Å². The summed E-state index contributed by atoms with van der Waals surface area (Å²) in [5, 5.41) is 28.1. The molecule has 29 heavy (non-hydrogen) atoms. The Hall–Kier alpha value is -3.27. The smallest absolute Gasteiger partial charge is 0.322 e. The van der Waals surface area contributed by atoms with Crippen LogP contribution in [0.25, 0.3) is 10.8 Å². The van der Waals surface area contributed by atoms with E-state index in [1.54, 1.807) is 24.4 Å². The van der Waals surface area contributed by atoms with Gasteiger partial charge in [-0.2, -0.15) is 0 Å². The molecule has 0 spiro atoms. The average Bonchev–Trinajstić information content (AvgIpc) is 3.32. The minimum Gasteiger partial charge on any atom is -0.494 e. The maximum atomic E-state index is 12.6. The maximum Gasteiger partial charge on any atom is 0.322 e. The zero-order chi connectivity index (χ0) is 20.6. The minimum absolute atomic E-state index is 0.0247. The van der Waals surface area contributed by atoms with Gasteiger partial charge in [-0.1, -0.05) is 22.8 Å². The number of aryl methyl sites for hydroxylation is 1. The first-order valence-corrected chi connectivity index (χ1v) is 9.45. The number of amides is 3. The van der Waals surface area contributed by atoms with Crippen molar-refractivity contribution in [1.82, 2.24) is 25.4 Å². The summed E-state index contributed by atoms with van der Waals surface area (Å²) in [6.07, 6.45) is 2.17. The zero-order valence-corrected chi connectivity index (χ0v) is 16.3. The van der Waals surface area contributed by atoms with E-state index in [9.17, 15) is 14.7 Å². The quantitative estimate of drug-likeness (QED) is 0.431. The molecule has 1 aliphatic rings. The first-order valence-electron chi connectivity index (χ1n) is 9.07. The summed E-state index contributed by atoms with van der Waals surface area (Å²) in [6.45, 7) is 2.56. The van der Waals surface area contributed by atoms with Gasteiger partial charge in [0.2, 0.25) is 5.89 Å². The molecular formula is C18H19ClN6O4. The summed E-state index contributed by atoms with van der Waals surface area (Å²) >= 11 is 6.01. The van der Waals surface area contributed by atoms with E-state index in [2.05, 4.69) is 26.1 Å². The Labute approximate surface area is 170 Å². The topological polar surface area (TPSA) is 134 Å². The van der Waals surface area contributed by atoms with Gasteiger partial charge in [0.15, 0.2) is 5.88 Å². The van der Waals surface area contributed by atoms with Crippen LogP contribution in [0.2, 0.25) is 5.02 Å². The third-order valence-electron chi connectivity index (χ3n) is 4.84.